The third kappa shape index (κ3) is 3.20. The van der Waals surface area contributed by atoms with E-state index >= 15 is 0 Å². The van der Waals surface area contributed by atoms with Crippen LogP contribution in [0.25, 0.3) is 0 Å². The van der Waals surface area contributed by atoms with Gasteiger partial charge in [0.2, 0.25) is 0 Å². The largest absolute Gasteiger partial charge is 0.337 e. The van der Waals surface area contributed by atoms with Crippen LogP contribution < -0.4 is 0 Å². The molecule has 0 N–H and O–H groups in total. The first-order chi connectivity index (χ1) is 7.72. The number of nitrogens with zero attached hydrogens (tertiary/aromatic N) is 2. The van der Waals surface area contributed by atoms with Crippen LogP contribution in [0.15, 0.2) is 18.7 Å². The topological polar surface area (TPSA) is 17.8 Å². The number of aromatic nitrogens is 2. The molecule has 0 atom stereocenters. The van der Waals surface area contributed by atoms with Crippen molar-refractivity contribution in [1.82, 2.24) is 9.55 Å². The predicted octanol–water partition coefficient (Wildman–Crippen LogP) is 3.50. The van der Waals surface area contributed by atoms with Crippen molar-refractivity contribution < 1.29 is 0 Å². The van der Waals surface area contributed by atoms with Crippen molar-refractivity contribution in [3.63, 3.8) is 0 Å². The molecule has 2 nitrogen and oxygen atoms in total. The van der Waals surface area contributed by atoms with E-state index in [2.05, 4.69) is 53.1 Å². The number of hydrogen-bond donors (Lipinski definition) is 0. The molecule has 1 aliphatic rings. The zero-order chi connectivity index (χ0) is 11.4. The molecule has 0 aliphatic carbocycles. The molecule has 0 unspecified atom stereocenters. The highest BCUT2D eigenvalue weighted by atomic mass is 32.2. The summed E-state index contributed by atoms with van der Waals surface area (Å²) < 4.78 is 2.59. The van der Waals surface area contributed by atoms with Gasteiger partial charge in [-0.25, -0.2) is 4.98 Å². The summed E-state index contributed by atoms with van der Waals surface area (Å²) in [5, 5.41) is 0. The smallest absolute Gasteiger partial charge is 0.0945 e. The van der Waals surface area contributed by atoms with E-state index in [0.717, 1.165) is 12.5 Å². The Labute approximate surface area is 107 Å². The fourth-order valence-electron chi connectivity index (χ4n) is 1.81. The molecular weight excluding hydrogens is 236 g/mol. The van der Waals surface area contributed by atoms with Crippen molar-refractivity contribution in [2.24, 2.45) is 5.92 Å². The molecule has 2 heterocycles. The van der Waals surface area contributed by atoms with Gasteiger partial charge in [0, 0.05) is 18.9 Å². The monoisotopic (exact) mass is 256 g/mol. The molecule has 1 fully saturated rings. The third-order valence-corrected chi connectivity index (χ3v) is 6.82. The molecule has 0 radical (unpaired) electrons. The van der Waals surface area contributed by atoms with E-state index in [1.54, 1.807) is 0 Å². The van der Waals surface area contributed by atoms with E-state index in [9.17, 15) is 0 Å². The molecule has 1 saturated heterocycles. The number of rotatable bonds is 4. The van der Waals surface area contributed by atoms with Crippen molar-refractivity contribution in [2.45, 2.75) is 37.3 Å². The minimum atomic E-state index is 0.413. The summed E-state index contributed by atoms with van der Waals surface area (Å²) in [6.45, 7) is 5.79. The maximum Gasteiger partial charge on any atom is 0.0945 e. The number of thioether (sulfide) groups is 2. The third-order valence-electron chi connectivity index (χ3n) is 3.21. The van der Waals surface area contributed by atoms with Crippen molar-refractivity contribution in [3.05, 3.63) is 18.7 Å². The van der Waals surface area contributed by atoms with Gasteiger partial charge in [-0.15, -0.1) is 23.5 Å². The molecule has 90 valence electrons. The van der Waals surface area contributed by atoms with E-state index in [1.165, 1.54) is 24.3 Å². The van der Waals surface area contributed by atoms with Crippen LogP contribution in [-0.4, -0.2) is 25.1 Å². The van der Waals surface area contributed by atoms with Crippen molar-refractivity contribution in [2.75, 3.05) is 11.5 Å². The molecule has 2 rings (SSSR count). The summed E-state index contributed by atoms with van der Waals surface area (Å²) in [7, 11) is 0. The van der Waals surface area contributed by atoms with Crippen LogP contribution in [0.5, 0.6) is 0 Å². The summed E-state index contributed by atoms with van der Waals surface area (Å²) in [4.78, 5) is 4.08. The first-order valence-electron chi connectivity index (χ1n) is 5.95. The molecule has 0 saturated carbocycles. The van der Waals surface area contributed by atoms with Gasteiger partial charge in [0.05, 0.1) is 10.4 Å². The average Bonchev–Trinajstić information content (AvgIpc) is 2.81. The van der Waals surface area contributed by atoms with Crippen molar-refractivity contribution in [1.29, 1.82) is 0 Å². The summed E-state index contributed by atoms with van der Waals surface area (Å²) in [6, 6.07) is 0. The number of aryl methyl sites for hydroxylation is 1. The van der Waals surface area contributed by atoms with Gasteiger partial charge >= 0.3 is 0 Å². The second-order valence-corrected chi connectivity index (χ2v) is 7.89. The highest BCUT2D eigenvalue weighted by Crippen LogP contribution is 2.46. The zero-order valence-corrected chi connectivity index (χ0v) is 11.7. The van der Waals surface area contributed by atoms with Crippen LogP contribution in [0.3, 0.4) is 0 Å². The Morgan fingerprint density at radius 2 is 2.19 bits per heavy atom. The standard InChI is InChI=1S/C12H20N2S2/c1-3-11-8-15-12(2,16-9-11)4-6-14-7-5-13-10-14/h5,7,10-11H,3-4,6,8-9H2,1-2H3. The maximum absolute atomic E-state index is 4.08. The molecule has 0 aromatic carbocycles. The molecule has 0 spiro atoms. The van der Waals surface area contributed by atoms with E-state index in [0.29, 0.717) is 4.08 Å². The van der Waals surface area contributed by atoms with E-state index < -0.39 is 0 Å². The quantitative estimate of drug-likeness (QED) is 0.821. The van der Waals surface area contributed by atoms with Gasteiger partial charge in [-0.2, -0.15) is 0 Å². The molecule has 0 amide bonds. The Morgan fingerprint density at radius 1 is 1.44 bits per heavy atom. The molecule has 4 heteroatoms. The van der Waals surface area contributed by atoms with Crippen LogP contribution in [-0.2, 0) is 6.54 Å². The first-order valence-corrected chi connectivity index (χ1v) is 7.92. The van der Waals surface area contributed by atoms with Crippen LogP contribution in [0.2, 0.25) is 0 Å². The zero-order valence-electron chi connectivity index (χ0n) is 10.1. The molecule has 1 aromatic heterocycles. The normalized spacial score (nSPS) is 30.5. The summed E-state index contributed by atoms with van der Waals surface area (Å²) >= 11 is 4.30. The highest BCUT2D eigenvalue weighted by Gasteiger charge is 2.31. The van der Waals surface area contributed by atoms with Gasteiger partial charge in [-0.3, -0.25) is 0 Å². The van der Waals surface area contributed by atoms with Crippen molar-refractivity contribution >= 4 is 23.5 Å². The minimum absolute atomic E-state index is 0.413. The molecule has 1 aliphatic heterocycles. The summed E-state index contributed by atoms with van der Waals surface area (Å²) in [5.74, 6) is 3.60. The van der Waals surface area contributed by atoms with Crippen LogP contribution in [0.1, 0.15) is 26.7 Å². The molecular formula is C12H20N2S2. The maximum atomic E-state index is 4.08. The van der Waals surface area contributed by atoms with Crippen LogP contribution in [0.4, 0.5) is 0 Å². The SMILES string of the molecule is CCC1CSC(C)(CCn2ccnc2)SC1. The lowest BCUT2D eigenvalue weighted by Crippen LogP contribution is -2.27. The number of hydrogen-bond acceptors (Lipinski definition) is 3. The second-order valence-electron chi connectivity index (χ2n) is 4.58. The van der Waals surface area contributed by atoms with E-state index in [-0.39, 0.29) is 0 Å². The van der Waals surface area contributed by atoms with Crippen LogP contribution >= 0.6 is 23.5 Å². The first kappa shape index (κ1) is 12.4. The molecule has 16 heavy (non-hydrogen) atoms. The Balaban J connectivity index is 1.80. The lowest BCUT2D eigenvalue weighted by atomic mass is 10.1. The van der Waals surface area contributed by atoms with Gasteiger partial charge < -0.3 is 4.57 Å². The second kappa shape index (κ2) is 5.50. The van der Waals surface area contributed by atoms with Crippen LogP contribution in [0, 0.1) is 5.92 Å². The fraction of sp³-hybridized carbons (Fsp3) is 0.750. The average molecular weight is 256 g/mol. The number of imidazole rings is 1. The lowest BCUT2D eigenvalue weighted by molar-refractivity contribution is 0.595. The Morgan fingerprint density at radius 3 is 2.75 bits per heavy atom. The van der Waals surface area contributed by atoms with Gasteiger partial charge in [0.15, 0.2) is 0 Å². The van der Waals surface area contributed by atoms with E-state index in [1.807, 2.05) is 12.5 Å². The Bertz CT molecular complexity index is 303. The van der Waals surface area contributed by atoms with E-state index in [4.69, 9.17) is 0 Å². The molecule has 1 aromatic rings. The van der Waals surface area contributed by atoms with Crippen molar-refractivity contribution in [3.8, 4) is 0 Å². The highest BCUT2D eigenvalue weighted by molar-refractivity contribution is 8.18. The van der Waals surface area contributed by atoms with Gasteiger partial charge in [0.1, 0.15) is 0 Å². The Hall–Kier alpha value is -0.0900. The summed E-state index contributed by atoms with van der Waals surface area (Å²) in [5.41, 5.74) is 0. The van der Waals surface area contributed by atoms with Gasteiger partial charge in [0.25, 0.3) is 0 Å². The lowest BCUT2D eigenvalue weighted by Gasteiger charge is -2.36. The fourth-order valence-corrected chi connectivity index (χ4v) is 5.05. The summed E-state index contributed by atoms with van der Waals surface area (Å²) in [6.07, 6.45) is 8.38. The minimum Gasteiger partial charge on any atom is -0.337 e. The van der Waals surface area contributed by atoms with Gasteiger partial charge in [-0.05, 0) is 30.8 Å². The van der Waals surface area contributed by atoms with Gasteiger partial charge in [-0.1, -0.05) is 13.3 Å². The Kier molecular flexibility index (Phi) is 4.25. The predicted molar refractivity (Wildman–Crippen MR) is 73.9 cm³/mol. The molecule has 0 bridgehead atoms.